The van der Waals surface area contributed by atoms with Crippen molar-refractivity contribution in [1.82, 2.24) is 0 Å². The highest BCUT2D eigenvalue weighted by Crippen LogP contribution is 2.32. The van der Waals surface area contributed by atoms with Crippen LogP contribution in [0.15, 0.2) is 40.2 Å². The second kappa shape index (κ2) is 6.55. The Morgan fingerprint density at radius 2 is 2.11 bits per heavy atom. The van der Waals surface area contributed by atoms with Gasteiger partial charge in [-0.05, 0) is 59.1 Å². The van der Waals surface area contributed by atoms with Gasteiger partial charge in [-0.3, -0.25) is 0 Å². The summed E-state index contributed by atoms with van der Waals surface area (Å²) in [6, 6.07) is 12.2. The Bertz CT molecular complexity index is 538. The van der Waals surface area contributed by atoms with E-state index in [1.807, 2.05) is 25.1 Å². The van der Waals surface area contributed by atoms with E-state index in [1.165, 1.54) is 5.56 Å². The third kappa shape index (κ3) is 3.81. The van der Waals surface area contributed by atoms with Crippen LogP contribution in [-0.2, 0) is 6.42 Å². The van der Waals surface area contributed by atoms with Crippen LogP contribution in [0, 0.1) is 0 Å². The van der Waals surface area contributed by atoms with Gasteiger partial charge in [-0.1, -0.05) is 19.1 Å². The molecule has 1 aromatic carbocycles. The van der Waals surface area contributed by atoms with Crippen molar-refractivity contribution in [2.75, 3.05) is 0 Å². The highest BCUT2D eigenvalue weighted by Gasteiger charge is 2.20. The quantitative estimate of drug-likeness (QED) is 0.867. The van der Waals surface area contributed by atoms with Gasteiger partial charge in [0.05, 0.1) is 3.79 Å². The zero-order chi connectivity index (χ0) is 13.8. The van der Waals surface area contributed by atoms with Crippen molar-refractivity contribution in [3.63, 3.8) is 0 Å². The Morgan fingerprint density at radius 1 is 1.32 bits per heavy atom. The molecule has 2 N–H and O–H groups in total. The number of hydrogen-bond donors (Lipinski definition) is 1. The van der Waals surface area contributed by atoms with Crippen LogP contribution in [0.5, 0.6) is 5.75 Å². The fourth-order valence-corrected chi connectivity index (χ4v) is 3.46. The molecule has 1 heterocycles. The highest BCUT2D eigenvalue weighted by molar-refractivity contribution is 9.11. The summed E-state index contributed by atoms with van der Waals surface area (Å²) in [6.07, 6.45) is 0.897. The van der Waals surface area contributed by atoms with Gasteiger partial charge in [-0.2, -0.15) is 0 Å². The van der Waals surface area contributed by atoms with Gasteiger partial charge in [0, 0.05) is 10.9 Å². The minimum absolute atomic E-state index is 0.0594. The first kappa shape index (κ1) is 14.6. The summed E-state index contributed by atoms with van der Waals surface area (Å²) in [4.78, 5) is 1.14. The molecule has 0 radical (unpaired) electrons. The third-order valence-corrected chi connectivity index (χ3v) is 4.61. The molecule has 19 heavy (non-hydrogen) atoms. The van der Waals surface area contributed by atoms with Crippen molar-refractivity contribution >= 4 is 27.3 Å². The Morgan fingerprint density at radius 3 is 2.68 bits per heavy atom. The standard InChI is InChI=1S/C15H18BrNOS/c1-3-11-5-4-6-12(9-11)18-15(10(2)17)13-7-8-14(16)19-13/h4-10,15H,3,17H2,1-2H3. The molecule has 4 heteroatoms. The average Bonchev–Trinajstić information content (AvgIpc) is 2.82. The number of thiophene rings is 1. The number of nitrogens with two attached hydrogens (primary N) is 1. The van der Waals surface area contributed by atoms with E-state index < -0.39 is 0 Å². The molecule has 0 saturated heterocycles. The Balaban J connectivity index is 2.21. The van der Waals surface area contributed by atoms with E-state index >= 15 is 0 Å². The van der Waals surface area contributed by atoms with E-state index in [1.54, 1.807) is 11.3 Å². The Labute approximate surface area is 126 Å². The van der Waals surface area contributed by atoms with E-state index in [0.29, 0.717) is 0 Å². The molecule has 0 aliphatic carbocycles. The largest absolute Gasteiger partial charge is 0.483 e. The van der Waals surface area contributed by atoms with Crippen LogP contribution in [-0.4, -0.2) is 6.04 Å². The molecule has 2 aromatic rings. The lowest BCUT2D eigenvalue weighted by Gasteiger charge is -2.21. The minimum atomic E-state index is -0.108. The van der Waals surface area contributed by atoms with Crippen molar-refractivity contribution in [2.45, 2.75) is 32.4 Å². The molecule has 1 aromatic heterocycles. The lowest BCUT2D eigenvalue weighted by atomic mass is 10.1. The number of benzene rings is 1. The van der Waals surface area contributed by atoms with Crippen molar-refractivity contribution < 1.29 is 4.74 Å². The molecular formula is C15H18BrNOS. The Hall–Kier alpha value is -0.840. The van der Waals surface area contributed by atoms with Crippen LogP contribution in [0.3, 0.4) is 0 Å². The number of halogens is 1. The summed E-state index contributed by atoms with van der Waals surface area (Å²) >= 11 is 5.14. The smallest absolute Gasteiger partial charge is 0.148 e. The number of hydrogen-bond acceptors (Lipinski definition) is 3. The maximum atomic E-state index is 6.08. The van der Waals surface area contributed by atoms with E-state index in [2.05, 4.69) is 41.1 Å². The van der Waals surface area contributed by atoms with Gasteiger partial charge in [-0.25, -0.2) is 0 Å². The van der Waals surface area contributed by atoms with Gasteiger partial charge in [0.25, 0.3) is 0 Å². The Kier molecular flexibility index (Phi) is 5.02. The van der Waals surface area contributed by atoms with E-state index in [0.717, 1.165) is 20.8 Å². The topological polar surface area (TPSA) is 35.2 Å². The SMILES string of the molecule is CCc1cccc(OC(c2ccc(Br)s2)C(C)N)c1. The number of rotatable bonds is 5. The van der Waals surface area contributed by atoms with Crippen LogP contribution in [0.4, 0.5) is 0 Å². The summed E-state index contributed by atoms with van der Waals surface area (Å²) in [5.74, 6) is 0.881. The second-order valence-electron chi connectivity index (χ2n) is 4.54. The summed E-state index contributed by atoms with van der Waals surface area (Å²) in [5.41, 5.74) is 7.33. The maximum Gasteiger partial charge on any atom is 0.148 e. The van der Waals surface area contributed by atoms with Gasteiger partial charge >= 0.3 is 0 Å². The average molecular weight is 340 g/mol. The lowest BCUT2D eigenvalue weighted by Crippen LogP contribution is -2.28. The minimum Gasteiger partial charge on any atom is -0.483 e. The van der Waals surface area contributed by atoms with Gasteiger partial charge in [0.15, 0.2) is 0 Å². The monoisotopic (exact) mass is 339 g/mol. The van der Waals surface area contributed by atoms with E-state index in [9.17, 15) is 0 Å². The first-order valence-electron chi connectivity index (χ1n) is 6.36. The molecule has 0 bridgehead atoms. The van der Waals surface area contributed by atoms with Gasteiger partial charge in [0.2, 0.25) is 0 Å². The summed E-state index contributed by atoms with van der Waals surface area (Å²) in [6.45, 7) is 4.11. The van der Waals surface area contributed by atoms with Crippen LogP contribution in [0.25, 0.3) is 0 Å². The van der Waals surface area contributed by atoms with Crippen LogP contribution < -0.4 is 10.5 Å². The van der Waals surface area contributed by atoms with Crippen molar-refractivity contribution in [2.24, 2.45) is 5.73 Å². The second-order valence-corrected chi connectivity index (χ2v) is 7.03. The van der Waals surface area contributed by atoms with Crippen molar-refractivity contribution in [3.8, 4) is 5.75 Å². The van der Waals surface area contributed by atoms with Gasteiger partial charge in [0.1, 0.15) is 11.9 Å². The van der Waals surface area contributed by atoms with Gasteiger partial charge < -0.3 is 10.5 Å². The van der Waals surface area contributed by atoms with Crippen LogP contribution in [0.1, 0.15) is 30.4 Å². The van der Waals surface area contributed by atoms with E-state index in [-0.39, 0.29) is 12.1 Å². The molecule has 0 aliphatic rings. The first-order chi connectivity index (χ1) is 9.10. The molecule has 102 valence electrons. The summed E-state index contributed by atoms with van der Waals surface area (Å²) < 4.78 is 7.18. The van der Waals surface area contributed by atoms with E-state index in [4.69, 9.17) is 10.5 Å². The first-order valence-corrected chi connectivity index (χ1v) is 7.97. The number of ether oxygens (including phenoxy) is 1. The normalized spacial score (nSPS) is 14.1. The molecule has 0 fully saturated rings. The van der Waals surface area contributed by atoms with Crippen molar-refractivity contribution in [1.29, 1.82) is 0 Å². The lowest BCUT2D eigenvalue weighted by molar-refractivity contribution is 0.184. The molecule has 0 amide bonds. The summed E-state index contributed by atoms with van der Waals surface area (Å²) in [5, 5.41) is 0. The zero-order valence-electron chi connectivity index (χ0n) is 11.1. The van der Waals surface area contributed by atoms with Crippen LogP contribution in [0.2, 0.25) is 0 Å². The molecule has 2 nitrogen and oxygen atoms in total. The predicted molar refractivity (Wildman–Crippen MR) is 84.9 cm³/mol. The van der Waals surface area contributed by atoms with Crippen molar-refractivity contribution in [3.05, 3.63) is 50.6 Å². The maximum absolute atomic E-state index is 6.08. The molecule has 2 unspecified atom stereocenters. The van der Waals surface area contributed by atoms with Gasteiger partial charge in [-0.15, -0.1) is 11.3 Å². The third-order valence-electron chi connectivity index (χ3n) is 2.92. The fourth-order valence-electron chi connectivity index (χ4n) is 1.89. The zero-order valence-corrected chi connectivity index (χ0v) is 13.5. The molecule has 2 atom stereocenters. The highest BCUT2D eigenvalue weighted by atomic mass is 79.9. The molecular weight excluding hydrogens is 322 g/mol. The molecule has 2 rings (SSSR count). The predicted octanol–water partition coefficient (Wildman–Crippen LogP) is 4.54. The molecule has 0 spiro atoms. The number of aryl methyl sites for hydroxylation is 1. The molecule has 0 saturated carbocycles. The van der Waals surface area contributed by atoms with Crippen LogP contribution >= 0.6 is 27.3 Å². The molecule has 0 aliphatic heterocycles. The fraction of sp³-hybridized carbons (Fsp3) is 0.333. The summed E-state index contributed by atoms with van der Waals surface area (Å²) in [7, 11) is 0.